The predicted octanol–water partition coefficient (Wildman–Crippen LogP) is 5.02. The van der Waals surface area contributed by atoms with Crippen molar-refractivity contribution in [1.82, 2.24) is 5.32 Å². The fourth-order valence-electron chi connectivity index (χ4n) is 2.61. The van der Waals surface area contributed by atoms with Crippen molar-refractivity contribution >= 4 is 40.4 Å². The summed E-state index contributed by atoms with van der Waals surface area (Å²) >= 11 is 17.6. The third-order valence-electron chi connectivity index (χ3n) is 4.02. The van der Waals surface area contributed by atoms with E-state index >= 15 is 0 Å². The molecule has 25 heavy (non-hydrogen) atoms. The second kappa shape index (κ2) is 8.86. The lowest BCUT2D eigenvalue weighted by molar-refractivity contribution is 0.114. The van der Waals surface area contributed by atoms with E-state index in [2.05, 4.69) is 5.32 Å². The molecule has 1 aliphatic rings. The van der Waals surface area contributed by atoms with Gasteiger partial charge in [0.2, 0.25) is 0 Å². The number of ether oxygens (including phenoxy) is 2. The number of halogens is 2. The van der Waals surface area contributed by atoms with Gasteiger partial charge in [-0.2, -0.15) is 0 Å². The molecule has 1 aliphatic heterocycles. The summed E-state index contributed by atoms with van der Waals surface area (Å²) in [4.78, 5) is 0.668. The smallest absolute Gasteiger partial charge is 0.138 e. The minimum absolute atomic E-state index is 0.246. The van der Waals surface area contributed by atoms with Crippen molar-refractivity contribution in [1.29, 1.82) is 0 Å². The molecular formula is C19H19Cl2NO2S. The highest BCUT2D eigenvalue weighted by atomic mass is 35.5. The van der Waals surface area contributed by atoms with Crippen LogP contribution in [0.4, 0.5) is 0 Å². The van der Waals surface area contributed by atoms with E-state index in [0.29, 0.717) is 27.4 Å². The molecule has 1 fully saturated rings. The maximum atomic E-state index is 6.33. The van der Waals surface area contributed by atoms with Crippen LogP contribution in [0.25, 0.3) is 0 Å². The SMILES string of the molecule is S=C(NC[C@H]1CCCO1)c1ccc(OCc2ccc(Cl)cc2)c(Cl)c1. The maximum absolute atomic E-state index is 6.33. The molecule has 1 N–H and O–H groups in total. The molecule has 3 nitrogen and oxygen atoms in total. The van der Waals surface area contributed by atoms with Gasteiger partial charge >= 0.3 is 0 Å². The van der Waals surface area contributed by atoms with Crippen molar-refractivity contribution in [2.45, 2.75) is 25.6 Å². The molecule has 0 bridgehead atoms. The molecule has 0 radical (unpaired) electrons. The molecule has 0 aliphatic carbocycles. The molecule has 1 saturated heterocycles. The second-order valence-electron chi connectivity index (χ2n) is 5.91. The van der Waals surface area contributed by atoms with Gasteiger partial charge in [-0.3, -0.25) is 0 Å². The van der Waals surface area contributed by atoms with Crippen LogP contribution in [-0.4, -0.2) is 24.2 Å². The van der Waals surface area contributed by atoms with Gasteiger partial charge < -0.3 is 14.8 Å². The van der Waals surface area contributed by atoms with Crippen molar-refractivity contribution in [3.63, 3.8) is 0 Å². The molecule has 0 saturated carbocycles. The number of hydrogen-bond donors (Lipinski definition) is 1. The normalized spacial score (nSPS) is 16.6. The Hall–Kier alpha value is -1.33. The molecule has 6 heteroatoms. The van der Waals surface area contributed by atoms with Crippen molar-refractivity contribution in [2.75, 3.05) is 13.2 Å². The van der Waals surface area contributed by atoms with E-state index in [0.717, 1.165) is 37.1 Å². The van der Waals surface area contributed by atoms with Gasteiger partial charge in [-0.15, -0.1) is 0 Å². The number of nitrogens with one attached hydrogen (secondary N) is 1. The molecule has 1 atom stereocenters. The Morgan fingerprint density at radius 3 is 2.68 bits per heavy atom. The Bertz CT molecular complexity index is 731. The van der Waals surface area contributed by atoms with Crippen molar-refractivity contribution in [3.8, 4) is 5.75 Å². The molecule has 2 aromatic carbocycles. The Morgan fingerprint density at radius 1 is 1.20 bits per heavy atom. The number of benzene rings is 2. The standard InChI is InChI=1S/C19H19Cl2NO2S/c20-15-6-3-13(4-7-15)12-24-18-8-5-14(10-17(18)21)19(25)22-11-16-2-1-9-23-16/h3-8,10,16H,1-2,9,11-12H2,(H,22,25)/t16-/m1/s1. The molecule has 1 heterocycles. The average molecular weight is 396 g/mol. The zero-order valence-electron chi connectivity index (χ0n) is 13.6. The minimum atomic E-state index is 0.246. The third-order valence-corrected chi connectivity index (χ3v) is 4.94. The number of hydrogen-bond acceptors (Lipinski definition) is 3. The number of rotatable bonds is 6. The summed E-state index contributed by atoms with van der Waals surface area (Å²) in [5.74, 6) is 0.627. The Morgan fingerprint density at radius 2 is 2.00 bits per heavy atom. The Kier molecular flexibility index (Phi) is 6.54. The second-order valence-corrected chi connectivity index (χ2v) is 7.16. The number of thiocarbonyl (C=S) groups is 1. The van der Waals surface area contributed by atoms with Crippen LogP contribution >= 0.6 is 35.4 Å². The van der Waals surface area contributed by atoms with E-state index in [4.69, 9.17) is 44.9 Å². The summed E-state index contributed by atoms with van der Waals surface area (Å²) in [5, 5.41) is 4.48. The van der Waals surface area contributed by atoms with Gasteiger partial charge in [0.15, 0.2) is 0 Å². The van der Waals surface area contributed by atoms with Gasteiger partial charge in [-0.1, -0.05) is 47.6 Å². The third kappa shape index (κ3) is 5.32. The fourth-order valence-corrected chi connectivity index (χ4v) is 3.19. The van der Waals surface area contributed by atoms with Gasteiger partial charge in [0, 0.05) is 23.7 Å². The van der Waals surface area contributed by atoms with Gasteiger partial charge in [0.05, 0.1) is 11.1 Å². The molecule has 3 rings (SSSR count). The first-order chi connectivity index (χ1) is 12.1. The largest absolute Gasteiger partial charge is 0.487 e. The molecule has 0 aromatic heterocycles. The van der Waals surface area contributed by atoms with E-state index in [1.807, 2.05) is 42.5 Å². The lowest BCUT2D eigenvalue weighted by Gasteiger charge is -2.14. The summed E-state index contributed by atoms with van der Waals surface area (Å²) < 4.78 is 11.4. The summed E-state index contributed by atoms with van der Waals surface area (Å²) in [6.45, 7) is 1.99. The van der Waals surface area contributed by atoms with Crippen LogP contribution in [0.2, 0.25) is 10.0 Å². The minimum Gasteiger partial charge on any atom is -0.487 e. The maximum Gasteiger partial charge on any atom is 0.138 e. The summed E-state index contributed by atoms with van der Waals surface area (Å²) in [7, 11) is 0. The van der Waals surface area contributed by atoms with Crippen molar-refractivity contribution < 1.29 is 9.47 Å². The van der Waals surface area contributed by atoms with Gasteiger partial charge in [0.25, 0.3) is 0 Å². The lowest BCUT2D eigenvalue weighted by Crippen LogP contribution is -2.31. The molecule has 132 valence electrons. The van der Waals surface area contributed by atoms with E-state index in [9.17, 15) is 0 Å². The molecule has 0 unspecified atom stereocenters. The highest BCUT2D eigenvalue weighted by Gasteiger charge is 2.16. The van der Waals surface area contributed by atoms with Crippen LogP contribution in [0.3, 0.4) is 0 Å². The Balaban J connectivity index is 1.56. The topological polar surface area (TPSA) is 30.5 Å². The van der Waals surface area contributed by atoms with Gasteiger partial charge in [-0.05, 0) is 48.7 Å². The zero-order valence-corrected chi connectivity index (χ0v) is 16.0. The van der Waals surface area contributed by atoms with Crippen LogP contribution in [0.5, 0.6) is 5.75 Å². The van der Waals surface area contributed by atoms with Crippen molar-refractivity contribution in [3.05, 3.63) is 63.6 Å². The zero-order chi connectivity index (χ0) is 17.6. The van der Waals surface area contributed by atoms with Gasteiger partial charge in [0.1, 0.15) is 17.3 Å². The van der Waals surface area contributed by atoms with Crippen LogP contribution < -0.4 is 10.1 Å². The molecule has 2 aromatic rings. The van der Waals surface area contributed by atoms with Crippen LogP contribution in [0.1, 0.15) is 24.0 Å². The van der Waals surface area contributed by atoms with Gasteiger partial charge in [-0.25, -0.2) is 0 Å². The molecule has 0 amide bonds. The first-order valence-corrected chi connectivity index (χ1v) is 9.35. The summed E-state index contributed by atoms with van der Waals surface area (Å²) in [6.07, 6.45) is 2.44. The Labute approximate surface area is 163 Å². The first kappa shape index (κ1) is 18.5. The fraction of sp³-hybridized carbons (Fsp3) is 0.316. The van der Waals surface area contributed by atoms with Crippen LogP contribution in [0, 0.1) is 0 Å². The van der Waals surface area contributed by atoms with Crippen LogP contribution in [0.15, 0.2) is 42.5 Å². The van der Waals surface area contributed by atoms with E-state index in [1.165, 1.54) is 0 Å². The lowest BCUT2D eigenvalue weighted by atomic mass is 10.2. The highest BCUT2D eigenvalue weighted by Crippen LogP contribution is 2.26. The van der Waals surface area contributed by atoms with E-state index in [-0.39, 0.29) is 6.10 Å². The first-order valence-electron chi connectivity index (χ1n) is 8.18. The van der Waals surface area contributed by atoms with Crippen LogP contribution in [-0.2, 0) is 11.3 Å². The average Bonchev–Trinajstić information content (AvgIpc) is 3.13. The molecular weight excluding hydrogens is 377 g/mol. The predicted molar refractivity (Wildman–Crippen MR) is 106 cm³/mol. The van der Waals surface area contributed by atoms with Crippen molar-refractivity contribution in [2.24, 2.45) is 0 Å². The van der Waals surface area contributed by atoms with E-state index in [1.54, 1.807) is 0 Å². The highest BCUT2D eigenvalue weighted by molar-refractivity contribution is 7.80. The summed E-state index contributed by atoms with van der Waals surface area (Å²) in [6, 6.07) is 13.1. The molecule has 0 spiro atoms. The van der Waals surface area contributed by atoms with E-state index < -0.39 is 0 Å². The monoisotopic (exact) mass is 395 g/mol. The summed E-state index contributed by atoms with van der Waals surface area (Å²) in [5.41, 5.74) is 1.90. The quantitative estimate of drug-likeness (QED) is 0.695.